The van der Waals surface area contributed by atoms with Crippen molar-refractivity contribution in [2.75, 3.05) is 19.3 Å². The second-order valence-corrected chi connectivity index (χ2v) is 6.13. The number of hydrogen-bond donors (Lipinski definition) is 1. The Morgan fingerprint density at radius 1 is 1.30 bits per heavy atom. The zero-order chi connectivity index (χ0) is 14.7. The lowest BCUT2D eigenvalue weighted by Crippen LogP contribution is -2.29. The van der Waals surface area contributed by atoms with Gasteiger partial charge < -0.3 is 10.0 Å². The van der Waals surface area contributed by atoms with Crippen LogP contribution in [0.2, 0.25) is 0 Å². The molecule has 1 aliphatic heterocycles. The van der Waals surface area contributed by atoms with Gasteiger partial charge >= 0.3 is 5.97 Å². The summed E-state index contributed by atoms with van der Waals surface area (Å²) < 4.78 is 0. The molecule has 20 heavy (non-hydrogen) atoms. The molecule has 1 heterocycles. The molecule has 0 spiro atoms. The van der Waals surface area contributed by atoms with E-state index in [1.807, 2.05) is 37.4 Å². The summed E-state index contributed by atoms with van der Waals surface area (Å²) in [6.45, 7) is 2.71. The molecule has 1 aromatic rings. The molecule has 2 unspecified atom stereocenters. The molecule has 0 aliphatic carbocycles. The van der Waals surface area contributed by atoms with Crippen LogP contribution in [0.15, 0.2) is 24.3 Å². The van der Waals surface area contributed by atoms with E-state index >= 15 is 0 Å². The number of carbonyl (C=O) groups is 2. The fourth-order valence-corrected chi connectivity index (χ4v) is 3.07. The van der Waals surface area contributed by atoms with Crippen molar-refractivity contribution < 1.29 is 14.7 Å². The molecule has 1 aliphatic rings. The lowest BCUT2D eigenvalue weighted by atomic mass is 9.99. The molecule has 4 nitrogen and oxygen atoms in total. The number of thioether (sulfide) groups is 1. The van der Waals surface area contributed by atoms with Crippen LogP contribution in [0.4, 0.5) is 0 Å². The molecular weight excluding hydrogens is 274 g/mol. The standard InChI is InChI=1S/C15H19NO3S/c1-10-7-16(8-13(10)15(18)19)14(17)12-5-3-11(4-6-12)9-20-2/h3-6,10,13H,7-9H2,1-2H3,(H,18,19). The molecule has 1 amide bonds. The maximum absolute atomic E-state index is 12.4. The van der Waals surface area contributed by atoms with Crippen LogP contribution in [0, 0.1) is 11.8 Å². The molecule has 1 saturated heterocycles. The molecule has 1 aromatic carbocycles. The first kappa shape index (κ1) is 14.9. The van der Waals surface area contributed by atoms with E-state index in [4.69, 9.17) is 5.11 Å². The van der Waals surface area contributed by atoms with E-state index in [1.54, 1.807) is 16.7 Å². The fourth-order valence-electron chi connectivity index (χ4n) is 2.55. The van der Waals surface area contributed by atoms with E-state index in [0.29, 0.717) is 18.7 Å². The second kappa shape index (κ2) is 6.31. The lowest BCUT2D eigenvalue weighted by Gasteiger charge is -2.16. The molecule has 5 heteroatoms. The number of nitrogens with zero attached hydrogens (tertiary/aromatic N) is 1. The van der Waals surface area contributed by atoms with Crippen LogP contribution in [0.5, 0.6) is 0 Å². The van der Waals surface area contributed by atoms with Gasteiger partial charge in [-0.3, -0.25) is 9.59 Å². The van der Waals surface area contributed by atoms with Crippen LogP contribution in [0.25, 0.3) is 0 Å². The molecule has 2 rings (SSSR count). The first-order chi connectivity index (χ1) is 9.52. The van der Waals surface area contributed by atoms with Crippen molar-refractivity contribution in [2.45, 2.75) is 12.7 Å². The number of likely N-dealkylation sites (tertiary alicyclic amines) is 1. The third-order valence-corrected chi connectivity index (χ3v) is 4.35. The minimum atomic E-state index is -0.817. The molecular formula is C15H19NO3S. The number of hydrogen-bond acceptors (Lipinski definition) is 3. The number of carbonyl (C=O) groups excluding carboxylic acids is 1. The molecule has 2 atom stereocenters. The summed E-state index contributed by atoms with van der Waals surface area (Å²) in [6.07, 6.45) is 2.04. The Labute approximate surface area is 123 Å². The van der Waals surface area contributed by atoms with E-state index in [-0.39, 0.29) is 11.8 Å². The van der Waals surface area contributed by atoms with E-state index in [0.717, 1.165) is 5.75 Å². The van der Waals surface area contributed by atoms with Crippen LogP contribution in [-0.4, -0.2) is 41.2 Å². The molecule has 0 aromatic heterocycles. The number of amides is 1. The average Bonchev–Trinajstić information content (AvgIpc) is 2.81. The summed E-state index contributed by atoms with van der Waals surface area (Å²) in [5.74, 6) is -0.405. The van der Waals surface area contributed by atoms with Gasteiger partial charge in [-0.2, -0.15) is 11.8 Å². The normalized spacial score (nSPS) is 22.0. The SMILES string of the molecule is CSCc1ccc(C(=O)N2CC(C)C(C(=O)O)C2)cc1. The summed E-state index contributed by atoms with van der Waals surface area (Å²) in [5.41, 5.74) is 1.82. The number of carboxylic acid groups (broad SMARTS) is 1. The molecule has 0 saturated carbocycles. The van der Waals surface area contributed by atoms with Crippen molar-refractivity contribution in [1.82, 2.24) is 4.90 Å². The molecule has 1 fully saturated rings. The average molecular weight is 293 g/mol. The fraction of sp³-hybridized carbons (Fsp3) is 0.467. The topological polar surface area (TPSA) is 57.6 Å². The highest BCUT2D eigenvalue weighted by molar-refractivity contribution is 7.97. The number of carboxylic acids is 1. The van der Waals surface area contributed by atoms with Gasteiger partial charge in [0.2, 0.25) is 0 Å². The van der Waals surface area contributed by atoms with E-state index in [1.165, 1.54) is 5.56 Å². The van der Waals surface area contributed by atoms with Crippen LogP contribution < -0.4 is 0 Å². The monoisotopic (exact) mass is 293 g/mol. The van der Waals surface area contributed by atoms with Gasteiger partial charge in [-0.25, -0.2) is 0 Å². The van der Waals surface area contributed by atoms with Crippen LogP contribution in [0.1, 0.15) is 22.8 Å². The Balaban J connectivity index is 2.06. The van der Waals surface area contributed by atoms with Crippen molar-refractivity contribution in [2.24, 2.45) is 11.8 Å². The Hall–Kier alpha value is -1.49. The predicted octanol–water partition coefficient (Wildman–Crippen LogP) is 2.34. The third-order valence-electron chi connectivity index (χ3n) is 3.73. The summed E-state index contributed by atoms with van der Waals surface area (Å²) in [4.78, 5) is 25.1. The summed E-state index contributed by atoms with van der Waals surface area (Å²) in [6, 6.07) is 7.56. The van der Waals surface area contributed by atoms with Gasteiger partial charge in [0.1, 0.15) is 0 Å². The third kappa shape index (κ3) is 3.15. The highest BCUT2D eigenvalue weighted by Gasteiger charge is 2.37. The number of benzene rings is 1. The number of rotatable bonds is 4. The highest BCUT2D eigenvalue weighted by atomic mass is 32.2. The van der Waals surface area contributed by atoms with Crippen molar-refractivity contribution in [3.8, 4) is 0 Å². The van der Waals surface area contributed by atoms with Gasteiger partial charge in [-0.05, 0) is 29.9 Å². The van der Waals surface area contributed by atoms with Crippen LogP contribution >= 0.6 is 11.8 Å². The van der Waals surface area contributed by atoms with Crippen molar-refractivity contribution in [1.29, 1.82) is 0 Å². The Kier molecular flexibility index (Phi) is 4.70. The smallest absolute Gasteiger partial charge is 0.308 e. The Bertz CT molecular complexity index is 500. The molecule has 0 bridgehead atoms. The largest absolute Gasteiger partial charge is 0.481 e. The lowest BCUT2D eigenvalue weighted by molar-refractivity contribution is -0.142. The Morgan fingerprint density at radius 2 is 1.95 bits per heavy atom. The highest BCUT2D eigenvalue weighted by Crippen LogP contribution is 2.24. The van der Waals surface area contributed by atoms with Crippen molar-refractivity contribution in [3.05, 3.63) is 35.4 Å². The van der Waals surface area contributed by atoms with Gasteiger partial charge in [0.25, 0.3) is 5.91 Å². The van der Waals surface area contributed by atoms with Gasteiger partial charge in [0.15, 0.2) is 0 Å². The van der Waals surface area contributed by atoms with Crippen molar-refractivity contribution >= 4 is 23.6 Å². The van der Waals surface area contributed by atoms with Crippen LogP contribution in [-0.2, 0) is 10.5 Å². The quantitative estimate of drug-likeness (QED) is 0.925. The minimum absolute atomic E-state index is 0.00668. The predicted molar refractivity (Wildman–Crippen MR) is 79.9 cm³/mol. The van der Waals surface area contributed by atoms with Gasteiger partial charge in [0.05, 0.1) is 5.92 Å². The zero-order valence-corrected chi connectivity index (χ0v) is 12.5. The summed E-state index contributed by atoms with van der Waals surface area (Å²) >= 11 is 1.74. The summed E-state index contributed by atoms with van der Waals surface area (Å²) in [5, 5.41) is 9.11. The maximum atomic E-state index is 12.4. The van der Waals surface area contributed by atoms with Gasteiger partial charge in [-0.15, -0.1) is 0 Å². The summed E-state index contributed by atoms with van der Waals surface area (Å²) in [7, 11) is 0. The first-order valence-corrected chi connectivity index (χ1v) is 8.02. The minimum Gasteiger partial charge on any atom is -0.481 e. The van der Waals surface area contributed by atoms with Crippen molar-refractivity contribution in [3.63, 3.8) is 0 Å². The zero-order valence-electron chi connectivity index (χ0n) is 11.7. The van der Waals surface area contributed by atoms with E-state index < -0.39 is 11.9 Å². The molecule has 1 N–H and O–H groups in total. The first-order valence-electron chi connectivity index (χ1n) is 6.63. The van der Waals surface area contributed by atoms with Gasteiger partial charge in [-0.1, -0.05) is 19.1 Å². The van der Waals surface area contributed by atoms with E-state index in [2.05, 4.69) is 0 Å². The van der Waals surface area contributed by atoms with E-state index in [9.17, 15) is 9.59 Å². The molecule has 108 valence electrons. The van der Waals surface area contributed by atoms with Crippen LogP contribution in [0.3, 0.4) is 0 Å². The maximum Gasteiger partial charge on any atom is 0.308 e. The number of aliphatic carboxylic acids is 1. The second-order valence-electron chi connectivity index (χ2n) is 5.26. The molecule has 0 radical (unpaired) electrons. The Morgan fingerprint density at radius 3 is 2.45 bits per heavy atom. The van der Waals surface area contributed by atoms with Gasteiger partial charge in [0, 0.05) is 24.4 Å².